The molecule has 6 nitrogen and oxygen atoms in total. The zero-order valence-corrected chi connectivity index (χ0v) is 15.6. The highest BCUT2D eigenvalue weighted by Crippen LogP contribution is 2.28. The number of hydrogen-bond donors (Lipinski definition) is 0. The van der Waals surface area contributed by atoms with Crippen LogP contribution in [0.4, 0.5) is 0 Å². The van der Waals surface area contributed by atoms with Crippen LogP contribution in [0.25, 0.3) is 0 Å². The molecule has 25 heavy (non-hydrogen) atoms. The number of hydrogen-bond acceptors (Lipinski definition) is 4. The second-order valence-corrected chi connectivity index (χ2v) is 8.47. The molecule has 1 aliphatic heterocycles. The van der Waals surface area contributed by atoms with E-state index in [2.05, 4.69) is 4.98 Å². The van der Waals surface area contributed by atoms with Gasteiger partial charge in [0.25, 0.3) is 0 Å². The second kappa shape index (κ2) is 7.27. The normalized spacial score (nSPS) is 16.6. The first-order chi connectivity index (χ1) is 11.9. The van der Waals surface area contributed by atoms with Crippen LogP contribution in [0, 0.1) is 0 Å². The number of sulfonamides is 1. The van der Waals surface area contributed by atoms with Crippen molar-refractivity contribution in [2.75, 3.05) is 13.1 Å². The van der Waals surface area contributed by atoms with Gasteiger partial charge < -0.3 is 4.57 Å². The number of carbonyl (C=O) groups excluding carboxylic acids is 1. The molecule has 0 bridgehead atoms. The number of rotatable bonds is 4. The summed E-state index contributed by atoms with van der Waals surface area (Å²) >= 11 is 6.16. The molecule has 0 aliphatic carbocycles. The van der Waals surface area contributed by atoms with Crippen LogP contribution < -0.4 is 0 Å². The van der Waals surface area contributed by atoms with E-state index in [4.69, 9.17) is 11.6 Å². The number of imidazole rings is 1. The van der Waals surface area contributed by atoms with E-state index in [1.807, 2.05) is 0 Å². The van der Waals surface area contributed by atoms with E-state index in [1.165, 1.54) is 28.7 Å². The first-order valence-electron chi connectivity index (χ1n) is 8.23. The van der Waals surface area contributed by atoms with E-state index in [0.717, 1.165) is 25.7 Å². The minimum Gasteiger partial charge on any atom is -0.331 e. The number of ketones is 1. The number of carbonyl (C=O) groups is 1. The van der Waals surface area contributed by atoms with Crippen molar-refractivity contribution in [2.24, 2.45) is 7.05 Å². The molecular weight excluding hydrogens is 362 g/mol. The number of benzene rings is 1. The highest BCUT2D eigenvalue weighted by atomic mass is 35.5. The van der Waals surface area contributed by atoms with Crippen LogP contribution in [0.2, 0.25) is 5.02 Å². The summed E-state index contributed by atoms with van der Waals surface area (Å²) in [7, 11) is -2.02. The molecule has 0 radical (unpaired) electrons. The van der Waals surface area contributed by atoms with Crippen LogP contribution in [-0.2, 0) is 17.1 Å². The minimum absolute atomic E-state index is 0.0175. The predicted molar refractivity (Wildman–Crippen MR) is 95.3 cm³/mol. The van der Waals surface area contributed by atoms with Gasteiger partial charge in [-0.15, -0.1) is 0 Å². The molecule has 2 aromatic rings. The molecular formula is C17H20ClN3O3S. The van der Waals surface area contributed by atoms with Crippen LogP contribution in [0.3, 0.4) is 0 Å². The maximum Gasteiger partial charge on any atom is 0.244 e. The molecule has 0 unspecified atom stereocenters. The van der Waals surface area contributed by atoms with Crippen molar-refractivity contribution < 1.29 is 13.2 Å². The zero-order chi connectivity index (χ0) is 18.0. The second-order valence-electron chi connectivity index (χ2n) is 6.15. The molecule has 1 aromatic heterocycles. The van der Waals surface area contributed by atoms with Gasteiger partial charge in [0.05, 0.1) is 5.02 Å². The van der Waals surface area contributed by atoms with Gasteiger partial charge in [0.15, 0.2) is 5.82 Å². The average Bonchev–Trinajstić information content (AvgIpc) is 2.84. The van der Waals surface area contributed by atoms with Crippen molar-refractivity contribution in [3.05, 3.63) is 47.0 Å². The Morgan fingerprint density at radius 3 is 2.44 bits per heavy atom. The summed E-state index contributed by atoms with van der Waals surface area (Å²) < 4.78 is 29.1. The lowest BCUT2D eigenvalue weighted by atomic mass is 10.1. The molecule has 1 fully saturated rings. The van der Waals surface area contributed by atoms with Gasteiger partial charge in [0.2, 0.25) is 15.8 Å². The van der Waals surface area contributed by atoms with Crippen molar-refractivity contribution in [1.82, 2.24) is 13.9 Å². The summed E-state index contributed by atoms with van der Waals surface area (Å²) in [6, 6.07) is 4.35. The lowest BCUT2D eigenvalue weighted by Gasteiger charge is -2.21. The Labute approximate surface area is 152 Å². The van der Waals surface area contributed by atoms with Gasteiger partial charge in [0.1, 0.15) is 4.90 Å². The van der Waals surface area contributed by atoms with Crippen molar-refractivity contribution in [3.63, 3.8) is 0 Å². The van der Waals surface area contributed by atoms with Crippen LogP contribution in [0.1, 0.15) is 41.9 Å². The summed E-state index contributed by atoms with van der Waals surface area (Å²) in [5.41, 5.74) is 0.257. The molecule has 134 valence electrons. The van der Waals surface area contributed by atoms with Gasteiger partial charge in [0, 0.05) is 38.1 Å². The van der Waals surface area contributed by atoms with Gasteiger partial charge in [-0.05, 0) is 31.0 Å². The highest BCUT2D eigenvalue weighted by Gasteiger charge is 2.28. The molecule has 0 N–H and O–H groups in total. The van der Waals surface area contributed by atoms with E-state index in [9.17, 15) is 13.2 Å². The first kappa shape index (κ1) is 18.1. The Balaban J connectivity index is 1.99. The number of nitrogens with zero attached hydrogens (tertiary/aromatic N) is 3. The molecule has 2 heterocycles. The first-order valence-corrected chi connectivity index (χ1v) is 10.0. The van der Waals surface area contributed by atoms with Crippen molar-refractivity contribution >= 4 is 27.4 Å². The molecule has 3 rings (SSSR count). The minimum atomic E-state index is -3.73. The predicted octanol–water partition coefficient (Wildman–Crippen LogP) is 2.87. The van der Waals surface area contributed by atoms with Gasteiger partial charge in [-0.1, -0.05) is 24.4 Å². The Kier molecular flexibility index (Phi) is 5.27. The van der Waals surface area contributed by atoms with Crippen LogP contribution in [-0.4, -0.2) is 41.1 Å². The van der Waals surface area contributed by atoms with Gasteiger partial charge in [-0.2, -0.15) is 4.31 Å². The molecule has 1 aromatic carbocycles. The Hall–Kier alpha value is -1.70. The summed E-state index contributed by atoms with van der Waals surface area (Å²) in [5.74, 6) is -0.0862. The lowest BCUT2D eigenvalue weighted by molar-refractivity contribution is 0.102. The highest BCUT2D eigenvalue weighted by molar-refractivity contribution is 7.89. The molecule has 0 spiro atoms. The van der Waals surface area contributed by atoms with E-state index >= 15 is 0 Å². The van der Waals surface area contributed by atoms with E-state index in [1.54, 1.807) is 17.8 Å². The molecule has 1 aliphatic rings. The monoisotopic (exact) mass is 381 g/mol. The fourth-order valence-electron chi connectivity index (χ4n) is 2.98. The largest absolute Gasteiger partial charge is 0.331 e. The third-order valence-corrected chi connectivity index (χ3v) is 6.78. The third kappa shape index (κ3) is 3.63. The standard InChI is InChI=1S/C17H20ClN3O3S/c1-20-11-8-19-17(20)16(22)13-6-7-14(18)15(12-13)25(23,24)21-9-4-2-3-5-10-21/h6-8,11-12H,2-5,9-10H2,1H3. The Morgan fingerprint density at radius 1 is 1.16 bits per heavy atom. The van der Waals surface area contributed by atoms with Gasteiger partial charge in [-0.25, -0.2) is 13.4 Å². The number of aryl methyl sites for hydroxylation is 1. The fraction of sp³-hybridized carbons (Fsp3) is 0.412. The molecule has 0 saturated carbocycles. The maximum absolute atomic E-state index is 13.0. The van der Waals surface area contributed by atoms with Crippen LogP contribution in [0.15, 0.2) is 35.5 Å². The quantitative estimate of drug-likeness (QED) is 0.763. The summed E-state index contributed by atoms with van der Waals surface area (Å²) in [6.07, 6.45) is 6.91. The molecule has 1 saturated heterocycles. The maximum atomic E-state index is 13.0. The summed E-state index contributed by atoms with van der Waals surface area (Å²) in [4.78, 5) is 16.6. The SMILES string of the molecule is Cn1ccnc1C(=O)c1ccc(Cl)c(S(=O)(=O)N2CCCCCC2)c1. The Morgan fingerprint density at radius 2 is 1.84 bits per heavy atom. The molecule has 0 atom stereocenters. The van der Waals surface area contributed by atoms with Crippen molar-refractivity contribution in [3.8, 4) is 0 Å². The summed E-state index contributed by atoms with van der Waals surface area (Å²) in [6.45, 7) is 0.965. The van der Waals surface area contributed by atoms with Gasteiger partial charge in [-0.3, -0.25) is 4.79 Å². The number of aromatic nitrogens is 2. The van der Waals surface area contributed by atoms with E-state index in [-0.39, 0.29) is 27.1 Å². The van der Waals surface area contributed by atoms with E-state index in [0.29, 0.717) is 13.1 Å². The zero-order valence-electron chi connectivity index (χ0n) is 14.0. The fourth-order valence-corrected chi connectivity index (χ4v) is 4.99. The number of halogens is 1. The van der Waals surface area contributed by atoms with E-state index < -0.39 is 10.0 Å². The van der Waals surface area contributed by atoms with Crippen molar-refractivity contribution in [1.29, 1.82) is 0 Å². The van der Waals surface area contributed by atoms with Crippen molar-refractivity contribution in [2.45, 2.75) is 30.6 Å². The molecule has 8 heteroatoms. The van der Waals surface area contributed by atoms with Crippen LogP contribution in [0.5, 0.6) is 0 Å². The lowest BCUT2D eigenvalue weighted by Crippen LogP contribution is -2.32. The Bertz CT molecular complexity index is 884. The third-order valence-electron chi connectivity index (χ3n) is 4.40. The summed E-state index contributed by atoms with van der Waals surface area (Å²) in [5, 5.41) is 0.126. The topological polar surface area (TPSA) is 72.3 Å². The smallest absolute Gasteiger partial charge is 0.244 e. The van der Waals surface area contributed by atoms with Crippen LogP contribution >= 0.6 is 11.6 Å². The molecule has 0 amide bonds. The van der Waals surface area contributed by atoms with Gasteiger partial charge >= 0.3 is 0 Å². The average molecular weight is 382 g/mol.